The smallest absolute Gasteiger partial charge is 0.407 e. The van der Waals surface area contributed by atoms with Crippen molar-refractivity contribution in [1.29, 1.82) is 0 Å². The van der Waals surface area contributed by atoms with Crippen LogP contribution in [0.1, 0.15) is 69.8 Å². The zero-order valence-electron chi connectivity index (χ0n) is 21.4. The lowest BCUT2D eigenvalue weighted by atomic mass is 9.75. The number of aryl methyl sites for hydroxylation is 1. The minimum absolute atomic E-state index is 0.171. The number of rotatable bonds is 7. The highest BCUT2D eigenvalue weighted by Gasteiger charge is 2.49. The molecule has 0 aliphatic heterocycles. The molecule has 2 aliphatic carbocycles. The molecule has 9 heteroatoms. The molecular formula is C25H37FN4O3Si. The highest BCUT2D eigenvalue weighted by molar-refractivity contribution is 6.69. The number of hydrogen-bond acceptors (Lipinski definition) is 5. The summed E-state index contributed by atoms with van der Waals surface area (Å²) >= 11 is 0. The second-order valence-corrected chi connectivity index (χ2v) is 16.2. The van der Waals surface area contributed by atoms with Gasteiger partial charge in [0.25, 0.3) is 0 Å². The molecule has 2 fully saturated rings. The Morgan fingerprint density at radius 1 is 1.26 bits per heavy atom. The highest BCUT2D eigenvalue weighted by atomic mass is 28.4. The minimum atomic E-state index is -1.86. The predicted octanol–water partition coefficient (Wildman–Crippen LogP) is 5.72. The molecular weight excluding hydrogens is 451 g/mol. The number of amides is 1. The van der Waals surface area contributed by atoms with Crippen LogP contribution in [0.25, 0.3) is 11.3 Å². The third kappa shape index (κ3) is 5.86. The average Bonchev–Trinajstić information content (AvgIpc) is 3.42. The van der Waals surface area contributed by atoms with Crippen molar-refractivity contribution in [3.8, 4) is 11.3 Å². The minimum Gasteiger partial charge on any atom is -0.444 e. The van der Waals surface area contributed by atoms with Gasteiger partial charge < -0.3 is 14.5 Å². The van der Waals surface area contributed by atoms with E-state index in [1.807, 2.05) is 25.5 Å². The second-order valence-electron chi connectivity index (χ2n) is 11.8. The standard InChI is InChI=1S/C25H37FN4O3Si/c1-16-20(26)10-11-21(28-16)19-14-30(29-22(19)17-8-9-17)18-12-25(13-18,33-34(5,6)7)15-27-23(31)32-24(2,3)4/h10-11,14,17-18H,8-9,12-13,15H2,1-7H3,(H,27,31). The largest absolute Gasteiger partial charge is 0.444 e. The van der Waals surface area contributed by atoms with Crippen molar-refractivity contribution in [2.24, 2.45) is 0 Å². The van der Waals surface area contributed by atoms with Crippen LogP contribution in [0.2, 0.25) is 19.6 Å². The summed E-state index contributed by atoms with van der Waals surface area (Å²) in [7, 11) is -1.86. The van der Waals surface area contributed by atoms with Gasteiger partial charge >= 0.3 is 6.09 Å². The fraction of sp³-hybridized carbons (Fsp3) is 0.640. The Bertz CT molecular complexity index is 1060. The van der Waals surface area contributed by atoms with Gasteiger partial charge in [-0.05, 0) is 85.2 Å². The van der Waals surface area contributed by atoms with Gasteiger partial charge in [0, 0.05) is 24.2 Å². The number of hydrogen-bond donors (Lipinski definition) is 1. The number of nitrogens with one attached hydrogen (secondary N) is 1. The zero-order valence-corrected chi connectivity index (χ0v) is 22.4. The van der Waals surface area contributed by atoms with Gasteiger partial charge in [0.1, 0.15) is 11.4 Å². The lowest BCUT2D eigenvalue weighted by Gasteiger charge is -2.50. The summed E-state index contributed by atoms with van der Waals surface area (Å²) in [5.74, 6) is 0.147. The SMILES string of the molecule is Cc1nc(-c2cn(C3CC(CNC(=O)OC(C)(C)C)(O[Si](C)(C)C)C3)nc2C2CC2)ccc1F. The van der Waals surface area contributed by atoms with E-state index in [2.05, 4.69) is 36.1 Å². The number of carbonyl (C=O) groups excluding carboxylic acids is 1. The molecule has 0 saturated heterocycles. The Balaban J connectivity index is 1.52. The molecule has 2 saturated carbocycles. The van der Waals surface area contributed by atoms with E-state index in [0.717, 1.165) is 42.6 Å². The molecule has 0 spiro atoms. The van der Waals surface area contributed by atoms with Crippen LogP contribution < -0.4 is 5.32 Å². The maximum atomic E-state index is 13.8. The normalized spacial score (nSPS) is 22.9. The second kappa shape index (κ2) is 8.75. The number of carbonyl (C=O) groups is 1. The molecule has 7 nitrogen and oxygen atoms in total. The summed E-state index contributed by atoms with van der Waals surface area (Å²) in [5, 5.41) is 7.87. The number of pyridine rings is 1. The van der Waals surface area contributed by atoms with E-state index in [1.54, 1.807) is 13.0 Å². The topological polar surface area (TPSA) is 78.3 Å². The van der Waals surface area contributed by atoms with E-state index in [-0.39, 0.29) is 11.9 Å². The van der Waals surface area contributed by atoms with Gasteiger partial charge in [-0.1, -0.05) is 0 Å². The summed E-state index contributed by atoms with van der Waals surface area (Å²) < 4.78 is 27.8. The molecule has 0 atom stereocenters. The molecule has 4 rings (SSSR count). The molecule has 0 unspecified atom stereocenters. The van der Waals surface area contributed by atoms with Crippen LogP contribution >= 0.6 is 0 Å². The first-order chi connectivity index (χ1) is 15.7. The van der Waals surface area contributed by atoms with Gasteiger partial charge in [0.2, 0.25) is 0 Å². The van der Waals surface area contributed by atoms with Gasteiger partial charge in [-0.25, -0.2) is 14.2 Å². The third-order valence-electron chi connectivity index (χ3n) is 6.09. The molecule has 0 aromatic carbocycles. The van der Waals surface area contributed by atoms with Crippen molar-refractivity contribution in [3.05, 3.63) is 35.5 Å². The summed E-state index contributed by atoms with van der Waals surface area (Å²) in [6.07, 6.45) is 5.39. The molecule has 2 aromatic heterocycles. The lowest BCUT2D eigenvalue weighted by Crippen LogP contribution is -2.58. The Labute approximate surface area is 202 Å². The van der Waals surface area contributed by atoms with Crippen LogP contribution in [-0.4, -0.2) is 46.9 Å². The summed E-state index contributed by atoms with van der Waals surface area (Å²) in [4.78, 5) is 16.7. The Kier molecular flexibility index (Phi) is 6.39. The molecule has 1 N–H and O–H groups in total. The molecule has 1 amide bonds. The van der Waals surface area contributed by atoms with Gasteiger partial charge in [-0.3, -0.25) is 4.68 Å². The van der Waals surface area contributed by atoms with Crippen LogP contribution in [0.15, 0.2) is 18.3 Å². The van der Waals surface area contributed by atoms with Crippen LogP contribution in [-0.2, 0) is 9.16 Å². The van der Waals surface area contributed by atoms with Crippen LogP contribution in [0.3, 0.4) is 0 Å². The number of halogens is 1. The number of alkyl carbamates (subject to hydrolysis) is 1. The number of aromatic nitrogens is 3. The fourth-order valence-electron chi connectivity index (χ4n) is 4.59. The lowest BCUT2D eigenvalue weighted by molar-refractivity contribution is -0.0537. The van der Waals surface area contributed by atoms with Crippen molar-refractivity contribution in [3.63, 3.8) is 0 Å². The first-order valence-corrected chi connectivity index (χ1v) is 15.5. The highest BCUT2D eigenvalue weighted by Crippen LogP contribution is 2.48. The van der Waals surface area contributed by atoms with Crippen molar-refractivity contribution in [1.82, 2.24) is 20.1 Å². The van der Waals surface area contributed by atoms with Crippen molar-refractivity contribution < 1.29 is 18.3 Å². The van der Waals surface area contributed by atoms with Crippen molar-refractivity contribution >= 4 is 14.4 Å². The first kappa shape index (κ1) is 24.8. The zero-order chi connectivity index (χ0) is 24.9. The van der Waals surface area contributed by atoms with E-state index in [4.69, 9.17) is 14.3 Å². The van der Waals surface area contributed by atoms with Gasteiger partial charge in [-0.15, -0.1) is 0 Å². The monoisotopic (exact) mass is 488 g/mol. The Morgan fingerprint density at radius 3 is 2.50 bits per heavy atom. The summed E-state index contributed by atoms with van der Waals surface area (Å²) in [6, 6.07) is 3.38. The molecule has 34 heavy (non-hydrogen) atoms. The average molecular weight is 489 g/mol. The maximum Gasteiger partial charge on any atom is 0.407 e. The predicted molar refractivity (Wildman–Crippen MR) is 132 cm³/mol. The van der Waals surface area contributed by atoms with E-state index in [9.17, 15) is 9.18 Å². The summed E-state index contributed by atoms with van der Waals surface area (Å²) in [5.41, 5.74) is 2.23. The van der Waals surface area contributed by atoms with E-state index in [1.165, 1.54) is 6.07 Å². The quantitative estimate of drug-likeness (QED) is 0.504. The Hall–Kier alpha value is -2.26. The van der Waals surface area contributed by atoms with Crippen LogP contribution in [0.4, 0.5) is 9.18 Å². The summed E-state index contributed by atoms with van der Waals surface area (Å²) in [6.45, 7) is 14.1. The maximum absolute atomic E-state index is 13.8. The van der Waals surface area contributed by atoms with Crippen molar-refractivity contribution in [2.75, 3.05) is 6.54 Å². The first-order valence-electron chi connectivity index (χ1n) is 12.1. The molecule has 2 aliphatic rings. The number of ether oxygens (including phenoxy) is 1. The molecule has 2 aromatic rings. The van der Waals surface area contributed by atoms with Crippen LogP contribution in [0.5, 0.6) is 0 Å². The van der Waals surface area contributed by atoms with E-state index < -0.39 is 25.6 Å². The third-order valence-corrected chi connectivity index (χ3v) is 7.13. The van der Waals surface area contributed by atoms with E-state index in [0.29, 0.717) is 18.2 Å². The molecule has 186 valence electrons. The van der Waals surface area contributed by atoms with Crippen molar-refractivity contribution in [2.45, 2.75) is 96.2 Å². The molecule has 0 radical (unpaired) electrons. The van der Waals surface area contributed by atoms with Gasteiger partial charge in [-0.2, -0.15) is 5.10 Å². The number of nitrogens with zero attached hydrogens (tertiary/aromatic N) is 3. The molecule has 2 heterocycles. The van der Waals surface area contributed by atoms with Gasteiger partial charge in [0.05, 0.1) is 28.7 Å². The van der Waals surface area contributed by atoms with E-state index >= 15 is 0 Å². The Morgan fingerprint density at radius 2 is 1.94 bits per heavy atom. The van der Waals surface area contributed by atoms with Gasteiger partial charge in [0.15, 0.2) is 8.32 Å². The van der Waals surface area contributed by atoms with Crippen LogP contribution in [0, 0.1) is 12.7 Å². The molecule has 0 bridgehead atoms. The fourth-order valence-corrected chi connectivity index (χ4v) is 6.13.